The van der Waals surface area contributed by atoms with Crippen LogP contribution in [0.15, 0.2) is 35.8 Å². The summed E-state index contributed by atoms with van der Waals surface area (Å²) >= 11 is 0. The van der Waals surface area contributed by atoms with Crippen LogP contribution < -0.4 is 14.7 Å². The second-order valence-corrected chi connectivity index (χ2v) is 6.79. The highest BCUT2D eigenvalue weighted by molar-refractivity contribution is 7.34. The van der Waals surface area contributed by atoms with Gasteiger partial charge in [0.25, 0.3) is 5.00 Å². The van der Waals surface area contributed by atoms with Gasteiger partial charge in [-0.05, 0) is 26.0 Å². The molecule has 2 rings (SSSR count). The Kier molecular flexibility index (Phi) is 4.24. The van der Waals surface area contributed by atoms with Crippen molar-refractivity contribution in [2.75, 3.05) is 12.0 Å². The minimum Gasteiger partial charge on any atom is -0.529 e. The van der Waals surface area contributed by atoms with E-state index >= 15 is 0 Å². The van der Waals surface area contributed by atoms with Crippen LogP contribution in [0.3, 0.4) is 0 Å². The highest BCUT2D eigenvalue weighted by Crippen LogP contribution is 2.43. The van der Waals surface area contributed by atoms with Crippen LogP contribution in [-0.4, -0.2) is 18.2 Å². The third-order valence-electron chi connectivity index (χ3n) is 2.80. The molecule has 20 heavy (non-hydrogen) atoms. The van der Waals surface area contributed by atoms with Crippen molar-refractivity contribution in [2.24, 2.45) is 0 Å². The molecule has 1 atom stereocenters. The van der Waals surface area contributed by atoms with Crippen molar-refractivity contribution >= 4 is 27.3 Å². The van der Waals surface area contributed by atoms with E-state index in [1.165, 1.54) is 18.2 Å². The van der Waals surface area contributed by atoms with Gasteiger partial charge < -0.3 is 14.6 Å². The lowest BCUT2D eigenvalue weighted by Crippen LogP contribution is -2.37. The van der Waals surface area contributed by atoms with Gasteiger partial charge in [-0.3, -0.25) is 4.90 Å². The van der Waals surface area contributed by atoms with Crippen molar-refractivity contribution in [3.8, 4) is 5.88 Å². The Morgan fingerprint density at radius 1 is 1.40 bits per heavy atom. The maximum absolute atomic E-state index is 11.5. The number of ether oxygens (including phenoxy) is 1. The molecular weight excluding hydrogens is 276 g/mol. The van der Waals surface area contributed by atoms with Crippen molar-refractivity contribution in [3.05, 3.63) is 35.8 Å². The Labute approximate surface area is 120 Å². The van der Waals surface area contributed by atoms with E-state index in [4.69, 9.17) is 4.74 Å². The molecule has 2 heterocycles. The lowest BCUT2D eigenvalue weighted by atomic mass is 10.4. The van der Waals surface area contributed by atoms with E-state index in [-0.39, 0.29) is 10.5 Å². The van der Waals surface area contributed by atoms with Crippen LogP contribution in [0.5, 0.6) is 5.88 Å². The zero-order valence-corrected chi connectivity index (χ0v) is 12.4. The number of pyridine rings is 1. The molecule has 0 N–H and O–H groups in total. The van der Waals surface area contributed by atoms with Crippen LogP contribution in [0.4, 0.5) is 15.5 Å². The Balaban J connectivity index is 2.45. The summed E-state index contributed by atoms with van der Waals surface area (Å²) in [5.74, 6) is 0.438. The highest BCUT2D eigenvalue weighted by atomic mass is 32.2. The number of amides is 1. The van der Waals surface area contributed by atoms with Crippen molar-refractivity contribution in [2.45, 2.75) is 19.1 Å². The summed E-state index contributed by atoms with van der Waals surface area (Å²) in [4.78, 5) is 16.7. The van der Waals surface area contributed by atoms with E-state index in [1.54, 1.807) is 12.1 Å². The predicted octanol–water partition coefficient (Wildman–Crippen LogP) is 2.90. The van der Waals surface area contributed by atoms with E-state index in [0.29, 0.717) is 21.8 Å². The van der Waals surface area contributed by atoms with Crippen molar-refractivity contribution < 1.29 is 14.6 Å². The fourth-order valence-corrected chi connectivity index (χ4v) is 3.69. The zero-order chi connectivity index (χ0) is 14.7. The number of nitrogens with zero attached hydrogens (tertiary/aromatic N) is 2. The number of carboxylic acid groups (broad SMARTS) is 1. The van der Waals surface area contributed by atoms with Gasteiger partial charge in [0.15, 0.2) is 0 Å². The summed E-state index contributed by atoms with van der Waals surface area (Å²) in [6.45, 7) is 4.12. The Morgan fingerprint density at radius 2 is 2.15 bits per heavy atom. The van der Waals surface area contributed by atoms with Gasteiger partial charge in [0.2, 0.25) is 5.88 Å². The van der Waals surface area contributed by atoms with Crippen molar-refractivity contribution in [3.63, 3.8) is 0 Å². The number of anilines is 2. The van der Waals surface area contributed by atoms with E-state index < -0.39 is 6.09 Å². The molecule has 0 aromatic carbocycles. The van der Waals surface area contributed by atoms with E-state index in [0.717, 1.165) is 0 Å². The van der Waals surface area contributed by atoms with Crippen molar-refractivity contribution in [1.82, 2.24) is 4.98 Å². The van der Waals surface area contributed by atoms with Crippen LogP contribution in [-0.2, 0) is 0 Å². The minimum atomic E-state index is -1.26. The molecule has 0 bridgehead atoms. The van der Waals surface area contributed by atoms with Gasteiger partial charge in [0.1, 0.15) is 16.7 Å². The number of hydrogen-bond donors (Lipinski definition) is 0. The topological polar surface area (TPSA) is 65.5 Å². The molecule has 0 aliphatic rings. The summed E-state index contributed by atoms with van der Waals surface area (Å²) < 4.78 is 4.98. The molecule has 6 heteroatoms. The highest BCUT2D eigenvalue weighted by Gasteiger charge is 2.25. The molecule has 0 saturated heterocycles. The quantitative estimate of drug-likeness (QED) is 0.813. The number of aromatic nitrogens is 1. The first-order valence-corrected chi connectivity index (χ1v) is 7.51. The van der Waals surface area contributed by atoms with Gasteiger partial charge in [0, 0.05) is 22.6 Å². The summed E-state index contributed by atoms with van der Waals surface area (Å²) in [5, 5.41) is 14.6. The predicted molar refractivity (Wildman–Crippen MR) is 77.6 cm³/mol. The van der Waals surface area contributed by atoms with Crippen LogP contribution in [0.1, 0.15) is 19.1 Å². The third-order valence-corrected chi connectivity index (χ3v) is 5.07. The van der Waals surface area contributed by atoms with Crippen LogP contribution in [0.2, 0.25) is 0 Å². The molecule has 1 amide bonds. The van der Waals surface area contributed by atoms with Gasteiger partial charge in [-0.2, -0.15) is 0 Å². The molecule has 1 unspecified atom stereocenters. The van der Waals surface area contributed by atoms with Crippen molar-refractivity contribution in [1.29, 1.82) is 0 Å². The molecule has 0 aliphatic heterocycles. The number of carbonyl (C=O) groups excluding carboxylic acids is 1. The standard InChI is InChI=1S/C14H16N2O3S/c1-10(2)20-8-4-5-13(20)16(14(17)18)11-6-7-12(19-3)15-9-11/h4-10H,1-3H3. The lowest BCUT2D eigenvalue weighted by molar-refractivity contribution is -0.245. The largest absolute Gasteiger partial charge is 0.529 e. The first-order valence-electron chi connectivity index (χ1n) is 6.16. The number of rotatable bonds is 4. The second kappa shape index (κ2) is 5.92. The summed E-state index contributed by atoms with van der Waals surface area (Å²) in [5.41, 5.74) is 0.457. The molecule has 0 saturated carbocycles. The normalized spacial score (nSPS) is 11.5. The first kappa shape index (κ1) is 14.3. The Morgan fingerprint density at radius 3 is 2.65 bits per heavy atom. The van der Waals surface area contributed by atoms with E-state index in [1.807, 2.05) is 17.5 Å². The Bertz CT molecular complexity index is 593. The first-order chi connectivity index (χ1) is 9.54. The molecule has 2 aromatic heterocycles. The van der Waals surface area contributed by atoms with Crippen LogP contribution in [0, 0.1) is 0 Å². The third kappa shape index (κ3) is 2.75. The molecule has 0 spiro atoms. The van der Waals surface area contributed by atoms with E-state index in [9.17, 15) is 9.90 Å². The number of methoxy groups -OCH3 is 1. The summed E-state index contributed by atoms with van der Waals surface area (Å²) in [6.07, 6.45) is 0.209. The minimum absolute atomic E-state index is 0.248. The molecule has 0 fully saturated rings. The second-order valence-electron chi connectivity index (χ2n) is 4.41. The molecule has 0 aliphatic carbocycles. The fraction of sp³-hybridized carbons (Fsp3) is 0.286. The van der Waals surface area contributed by atoms with Gasteiger partial charge in [-0.25, -0.2) is 4.98 Å². The molecule has 106 valence electrons. The zero-order valence-electron chi connectivity index (χ0n) is 11.6. The van der Waals surface area contributed by atoms with Gasteiger partial charge in [-0.15, -0.1) is 0 Å². The molecular formula is C14H16N2O3S. The molecule has 5 nitrogen and oxygen atoms in total. The van der Waals surface area contributed by atoms with Gasteiger partial charge >= 0.3 is 0 Å². The summed E-state index contributed by atoms with van der Waals surface area (Å²) in [6, 6.07) is 6.97. The Hall–Kier alpha value is -2.08. The number of hydrogen-bond acceptors (Lipinski definition) is 4. The number of thiophene rings is 1. The smallest absolute Gasteiger partial charge is 0.253 e. The summed E-state index contributed by atoms with van der Waals surface area (Å²) in [7, 11) is 1.26. The fourth-order valence-electron chi connectivity index (χ4n) is 1.88. The maximum atomic E-state index is 11.5. The molecule has 2 aromatic rings. The van der Waals surface area contributed by atoms with Crippen LogP contribution in [0.25, 0.3) is 0 Å². The average Bonchev–Trinajstić information content (AvgIpc) is 2.88. The SMILES string of the molecule is COc1ccc(N(C(=O)[O-])c2ccc[s+]2C(C)C)cn1. The lowest BCUT2D eigenvalue weighted by Gasteiger charge is -2.21. The van der Waals surface area contributed by atoms with Crippen LogP contribution >= 0.6 is 10.5 Å². The van der Waals surface area contributed by atoms with Gasteiger partial charge in [-0.1, -0.05) is 0 Å². The molecule has 0 radical (unpaired) electrons. The van der Waals surface area contributed by atoms with E-state index in [2.05, 4.69) is 18.8 Å². The number of carbonyl (C=O) groups is 1. The monoisotopic (exact) mass is 292 g/mol. The maximum Gasteiger partial charge on any atom is 0.253 e. The van der Waals surface area contributed by atoms with Gasteiger partial charge in [0.05, 0.1) is 19.0 Å². The average molecular weight is 292 g/mol.